The molecule has 4 heteroatoms. The lowest BCUT2D eigenvalue weighted by Crippen LogP contribution is -2.39. The highest BCUT2D eigenvalue weighted by Gasteiger charge is 2.35. The molecule has 1 fully saturated rings. The van der Waals surface area contributed by atoms with Crippen molar-refractivity contribution >= 4 is 5.69 Å². The highest BCUT2D eigenvalue weighted by molar-refractivity contribution is 5.41. The minimum absolute atomic E-state index is 0.00368. The molecule has 1 saturated carbocycles. The van der Waals surface area contributed by atoms with E-state index in [4.69, 9.17) is 0 Å². The zero-order chi connectivity index (χ0) is 14.0. The fourth-order valence-electron chi connectivity index (χ4n) is 3.05. The molecular weight excluding hydrogens is 240 g/mol. The van der Waals surface area contributed by atoms with Crippen LogP contribution in [0.4, 0.5) is 5.69 Å². The molecule has 4 nitrogen and oxygen atoms in total. The molecule has 19 heavy (non-hydrogen) atoms. The molecule has 0 heterocycles. The molecule has 1 N–H and O–H groups in total. The van der Waals surface area contributed by atoms with Crippen molar-refractivity contribution in [2.24, 2.45) is 5.41 Å². The Morgan fingerprint density at radius 3 is 2.68 bits per heavy atom. The average molecular weight is 262 g/mol. The standard InChI is InChI=1S/C15H22N2O2/c1-11(16-14-9-6-10-15(14,2)3)12-7-4-5-8-13(12)17(18)19/h4-5,7-8,11,14,16H,6,9-10H2,1-3H3. The van der Waals surface area contributed by atoms with Gasteiger partial charge in [0, 0.05) is 23.7 Å². The molecule has 1 aliphatic rings. The van der Waals surface area contributed by atoms with Crippen LogP contribution in [0.3, 0.4) is 0 Å². The lowest BCUT2D eigenvalue weighted by Gasteiger charge is -2.30. The molecule has 0 aromatic heterocycles. The van der Waals surface area contributed by atoms with Crippen LogP contribution in [-0.2, 0) is 0 Å². The van der Waals surface area contributed by atoms with Gasteiger partial charge in [0.2, 0.25) is 0 Å². The van der Waals surface area contributed by atoms with Crippen molar-refractivity contribution in [3.05, 3.63) is 39.9 Å². The van der Waals surface area contributed by atoms with Gasteiger partial charge in [-0.2, -0.15) is 0 Å². The molecule has 2 atom stereocenters. The summed E-state index contributed by atoms with van der Waals surface area (Å²) in [7, 11) is 0. The van der Waals surface area contributed by atoms with Crippen LogP contribution >= 0.6 is 0 Å². The third-order valence-electron chi connectivity index (χ3n) is 4.31. The third kappa shape index (κ3) is 2.95. The number of nitro groups is 1. The molecule has 0 bridgehead atoms. The first kappa shape index (κ1) is 14.0. The molecule has 0 spiro atoms. The summed E-state index contributed by atoms with van der Waals surface area (Å²) in [5.41, 5.74) is 1.26. The lowest BCUT2D eigenvalue weighted by atomic mass is 9.86. The molecule has 0 radical (unpaired) electrons. The van der Waals surface area contributed by atoms with Gasteiger partial charge in [-0.15, -0.1) is 0 Å². The van der Waals surface area contributed by atoms with E-state index < -0.39 is 0 Å². The van der Waals surface area contributed by atoms with Crippen molar-refractivity contribution in [3.63, 3.8) is 0 Å². The largest absolute Gasteiger partial charge is 0.307 e. The number of para-hydroxylation sites is 1. The van der Waals surface area contributed by atoms with E-state index in [1.807, 2.05) is 19.1 Å². The second-order valence-corrected chi connectivity index (χ2v) is 6.14. The van der Waals surface area contributed by atoms with Crippen molar-refractivity contribution in [1.82, 2.24) is 5.32 Å². The van der Waals surface area contributed by atoms with E-state index in [2.05, 4.69) is 19.2 Å². The molecule has 0 aliphatic heterocycles. The summed E-state index contributed by atoms with van der Waals surface area (Å²) in [5.74, 6) is 0. The van der Waals surface area contributed by atoms with E-state index in [0.717, 1.165) is 12.0 Å². The fourth-order valence-corrected chi connectivity index (χ4v) is 3.05. The normalized spacial score (nSPS) is 23.2. The third-order valence-corrected chi connectivity index (χ3v) is 4.31. The molecule has 1 aromatic rings. The number of hydrogen-bond acceptors (Lipinski definition) is 3. The van der Waals surface area contributed by atoms with Gasteiger partial charge in [-0.05, 0) is 25.2 Å². The van der Waals surface area contributed by atoms with E-state index in [1.54, 1.807) is 12.1 Å². The molecule has 0 amide bonds. The molecule has 1 aliphatic carbocycles. The summed E-state index contributed by atoms with van der Waals surface area (Å²) < 4.78 is 0. The second-order valence-electron chi connectivity index (χ2n) is 6.14. The summed E-state index contributed by atoms with van der Waals surface area (Å²) in [5, 5.41) is 14.6. The molecule has 2 unspecified atom stereocenters. The van der Waals surface area contributed by atoms with Crippen LogP contribution in [0.2, 0.25) is 0 Å². The van der Waals surface area contributed by atoms with Gasteiger partial charge < -0.3 is 5.32 Å². The average Bonchev–Trinajstić information content (AvgIpc) is 2.68. The van der Waals surface area contributed by atoms with Gasteiger partial charge >= 0.3 is 0 Å². The van der Waals surface area contributed by atoms with Gasteiger partial charge in [-0.3, -0.25) is 10.1 Å². The number of nitrogens with one attached hydrogen (secondary N) is 1. The summed E-state index contributed by atoms with van der Waals surface area (Å²) in [6.45, 7) is 6.55. The van der Waals surface area contributed by atoms with E-state index in [9.17, 15) is 10.1 Å². The Labute approximate surface area is 114 Å². The van der Waals surface area contributed by atoms with E-state index in [0.29, 0.717) is 6.04 Å². The van der Waals surface area contributed by atoms with E-state index in [-0.39, 0.29) is 22.1 Å². The maximum Gasteiger partial charge on any atom is 0.274 e. The quantitative estimate of drug-likeness (QED) is 0.663. The molecule has 2 rings (SSSR count). The first-order valence-corrected chi connectivity index (χ1v) is 6.91. The van der Waals surface area contributed by atoms with Crippen molar-refractivity contribution < 1.29 is 4.92 Å². The number of nitrogens with zero attached hydrogens (tertiary/aromatic N) is 1. The number of hydrogen-bond donors (Lipinski definition) is 1. The Kier molecular flexibility index (Phi) is 3.90. The Morgan fingerprint density at radius 1 is 1.42 bits per heavy atom. The van der Waals surface area contributed by atoms with Gasteiger partial charge in [-0.25, -0.2) is 0 Å². The monoisotopic (exact) mass is 262 g/mol. The Bertz CT molecular complexity index is 471. The van der Waals surface area contributed by atoms with Crippen molar-refractivity contribution in [2.45, 2.75) is 52.1 Å². The predicted molar refractivity (Wildman–Crippen MR) is 76.1 cm³/mol. The fraction of sp³-hybridized carbons (Fsp3) is 0.600. The predicted octanol–water partition coefficient (Wildman–Crippen LogP) is 3.82. The number of benzene rings is 1. The highest BCUT2D eigenvalue weighted by atomic mass is 16.6. The van der Waals surface area contributed by atoms with Crippen LogP contribution in [-0.4, -0.2) is 11.0 Å². The minimum atomic E-state index is -0.298. The molecule has 0 saturated heterocycles. The maximum atomic E-state index is 11.1. The smallest absolute Gasteiger partial charge is 0.274 e. The van der Waals surface area contributed by atoms with Crippen molar-refractivity contribution in [2.75, 3.05) is 0 Å². The van der Waals surface area contributed by atoms with Crippen LogP contribution < -0.4 is 5.32 Å². The van der Waals surface area contributed by atoms with Crippen molar-refractivity contribution in [3.8, 4) is 0 Å². The van der Waals surface area contributed by atoms with Crippen molar-refractivity contribution in [1.29, 1.82) is 0 Å². The minimum Gasteiger partial charge on any atom is -0.307 e. The lowest BCUT2D eigenvalue weighted by molar-refractivity contribution is -0.385. The summed E-state index contributed by atoms with van der Waals surface area (Å²) in [4.78, 5) is 10.8. The number of rotatable bonds is 4. The van der Waals surface area contributed by atoms with Crippen LogP contribution in [0.15, 0.2) is 24.3 Å². The Morgan fingerprint density at radius 2 is 2.11 bits per heavy atom. The summed E-state index contributed by atoms with van der Waals surface area (Å²) in [6.07, 6.45) is 3.60. The van der Waals surface area contributed by atoms with Crippen LogP contribution in [0, 0.1) is 15.5 Å². The SMILES string of the molecule is CC(NC1CCCC1(C)C)c1ccccc1[N+](=O)[O-]. The van der Waals surface area contributed by atoms with Gasteiger partial charge in [-0.1, -0.05) is 38.5 Å². The van der Waals surface area contributed by atoms with Gasteiger partial charge in [0.1, 0.15) is 0 Å². The van der Waals surface area contributed by atoms with E-state index in [1.165, 1.54) is 12.8 Å². The van der Waals surface area contributed by atoms with Crippen LogP contribution in [0.5, 0.6) is 0 Å². The van der Waals surface area contributed by atoms with Gasteiger partial charge in [0.05, 0.1) is 4.92 Å². The van der Waals surface area contributed by atoms with Gasteiger partial charge in [0.15, 0.2) is 0 Å². The molecular formula is C15H22N2O2. The zero-order valence-electron chi connectivity index (χ0n) is 11.8. The topological polar surface area (TPSA) is 55.2 Å². The summed E-state index contributed by atoms with van der Waals surface area (Å²) >= 11 is 0. The maximum absolute atomic E-state index is 11.1. The Hall–Kier alpha value is -1.42. The van der Waals surface area contributed by atoms with Gasteiger partial charge in [0.25, 0.3) is 5.69 Å². The number of nitro benzene ring substituents is 1. The molecule has 104 valence electrons. The first-order valence-electron chi connectivity index (χ1n) is 6.91. The summed E-state index contributed by atoms with van der Waals surface area (Å²) in [6, 6.07) is 7.44. The van der Waals surface area contributed by atoms with Crippen LogP contribution in [0.1, 0.15) is 51.6 Å². The highest BCUT2D eigenvalue weighted by Crippen LogP contribution is 2.38. The van der Waals surface area contributed by atoms with E-state index >= 15 is 0 Å². The van der Waals surface area contributed by atoms with Crippen LogP contribution in [0.25, 0.3) is 0 Å². The Balaban J connectivity index is 2.16. The second kappa shape index (κ2) is 5.29. The molecule has 1 aromatic carbocycles. The first-order chi connectivity index (χ1) is 8.92. The zero-order valence-corrected chi connectivity index (χ0v) is 11.8.